The van der Waals surface area contributed by atoms with Crippen LogP contribution in [0.2, 0.25) is 6.82 Å². The zero-order chi connectivity index (χ0) is 26.3. The van der Waals surface area contributed by atoms with E-state index in [9.17, 15) is 18.8 Å². The van der Waals surface area contributed by atoms with Gasteiger partial charge in [-0.3, -0.25) is 14.5 Å². The van der Waals surface area contributed by atoms with Gasteiger partial charge in [0.2, 0.25) is 5.91 Å². The van der Waals surface area contributed by atoms with Crippen molar-refractivity contribution in [2.45, 2.75) is 60.4 Å². The number of aryl methyl sites for hydroxylation is 2. The first kappa shape index (κ1) is 28.0. The Morgan fingerprint density at radius 1 is 1.20 bits per heavy atom. The fraction of sp³-hybridized carbons (Fsp3) is 0.407. The van der Waals surface area contributed by atoms with Crippen molar-refractivity contribution >= 4 is 30.6 Å². The summed E-state index contributed by atoms with van der Waals surface area (Å²) in [4.78, 5) is 45.6. The maximum absolute atomic E-state index is 14.7. The summed E-state index contributed by atoms with van der Waals surface area (Å²) in [6.07, 6.45) is 1.69. The summed E-state index contributed by atoms with van der Waals surface area (Å²) in [7, 11) is 1.48. The monoisotopic (exact) mass is 478 g/mol. The summed E-state index contributed by atoms with van der Waals surface area (Å²) < 4.78 is 14.7. The first-order valence-electron chi connectivity index (χ1n) is 11.9. The second-order valence-corrected chi connectivity index (χ2v) is 8.61. The zero-order valence-corrected chi connectivity index (χ0v) is 21.5. The lowest BCUT2D eigenvalue weighted by Gasteiger charge is -2.41. The van der Waals surface area contributed by atoms with E-state index in [1.54, 1.807) is 20.7 Å². The van der Waals surface area contributed by atoms with E-state index in [0.717, 1.165) is 16.0 Å². The number of carbonyl (C=O) groups is 3. The van der Waals surface area contributed by atoms with E-state index < -0.39 is 23.7 Å². The number of piperazine rings is 1. The molecule has 2 aromatic rings. The van der Waals surface area contributed by atoms with Crippen LogP contribution >= 0.6 is 0 Å². The molecular formula is C27H34BFN3O3. The van der Waals surface area contributed by atoms with Crippen LogP contribution in [-0.4, -0.2) is 47.2 Å². The molecule has 2 atom stereocenters. The third-order valence-corrected chi connectivity index (χ3v) is 5.84. The molecule has 0 aliphatic carbocycles. The largest absolute Gasteiger partial charge is 0.321 e. The Bertz CT molecular complexity index is 1090. The smallest absolute Gasteiger partial charge is 0.255 e. The Morgan fingerprint density at radius 3 is 2.40 bits per heavy atom. The average Bonchev–Trinajstić information content (AvgIpc) is 2.83. The highest BCUT2D eigenvalue weighted by atomic mass is 19.1. The summed E-state index contributed by atoms with van der Waals surface area (Å²) in [5, 5.41) is 0. The molecule has 0 saturated carbocycles. The number of rotatable bonds is 8. The van der Waals surface area contributed by atoms with Gasteiger partial charge >= 0.3 is 0 Å². The number of nitrogens with zero attached hydrogens (tertiary/aromatic N) is 3. The Morgan fingerprint density at radius 2 is 1.83 bits per heavy atom. The number of halogens is 1. The van der Waals surface area contributed by atoms with Gasteiger partial charge < -0.3 is 9.69 Å². The van der Waals surface area contributed by atoms with Gasteiger partial charge in [0.05, 0.1) is 5.68 Å². The molecule has 6 nitrogen and oxygen atoms in total. The van der Waals surface area contributed by atoms with Crippen LogP contribution in [0.25, 0.3) is 0 Å². The lowest BCUT2D eigenvalue weighted by atomic mass is 9.69. The molecule has 0 spiro atoms. The van der Waals surface area contributed by atoms with Crippen molar-refractivity contribution in [3.05, 3.63) is 71.2 Å². The second-order valence-electron chi connectivity index (χ2n) is 8.61. The van der Waals surface area contributed by atoms with Crippen molar-refractivity contribution in [2.75, 3.05) is 11.4 Å². The van der Waals surface area contributed by atoms with E-state index in [-0.39, 0.29) is 36.9 Å². The van der Waals surface area contributed by atoms with Crippen LogP contribution in [0.4, 0.5) is 10.2 Å². The molecule has 1 aliphatic heterocycles. The van der Waals surface area contributed by atoms with E-state index in [2.05, 4.69) is 11.6 Å². The molecule has 1 aliphatic rings. The van der Waals surface area contributed by atoms with Gasteiger partial charge in [0.15, 0.2) is 18.9 Å². The van der Waals surface area contributed by atoms with Gasteiger partial charge in [-0.05, 0) is 43.0 Å². The molecule has 2 unspecified atom stereocenters. The first-order valence-corrected chi connectivity index (χ1v) is 11.9. The molecule has 1 radical (unpaired) electrons. The number of hydrogen-bond acceptors (Lipinski definition) is 4. The standard InChI is InChI=1S/C25H28BFN3O3.C2H6/c1-15-6-8-19(9-7-15)13-29-21(31)14-30(24-20(27)10-16(2)12-28-24)25(33)22(29)17(3)11-18(4)23(32)26-5;1-2/h6-10,12,18,22H,3,11,13-14H2,1-2,4-5H3;1-2H3. The number of pyridine rings is 1. The van der Waals surface area contributed by atoms with Gasteiger partial charge in [0.1, 0.15) is 12.6 Å². The molecule has 2 heterocycles. The van der Waals surface area contributed by atoms with Crippen LogP contribution < -0.4 is 4.90 Å². The Labute approximate surface area is 208 Å². The van der Waals surface area contributed by atoms with Gasteiger partial charge in [-0.2, -0.15) is 0 Å². The van der Waals surface area contributed by atoms with Crippen molar-refractivity contribution in [3.63, 3.8) is 0 Å². The number of carbonyl (C=O) groups excluding carboxylic acids is 3. The van der Waals surface area contributed by atoms with Gasteiger partial charge in [-0.1, -0.05) is 64.0 Å². The number of aromatic nitrogens is 1. The maximum atomic E-state index is 14.7. The van der Waals surface area contributed by atoms with E-state index in [1.807, 2.05) is 45.0 Å². The number of anilines is 1. The first-order chi connectivity index (χ1) is 16.6. The second kappa shape index (κ2) is 12.4. The highest BCUT2D eigenvalue weighted by Gasteiger charge is 2.43. The summed E-state index contributed by atoms with van der Waals surface area (Å²) in [6, 6.07) is 7.93. The molecule has 0 N–H and O–H groups in total. The highest BCUT2D eigenvalue weighted by molar-refractivity contribution is 6.73. The molecular weight excluding hydrogens is 444 g/mol. The van der Waals surface area contributed by atoms with Gasteiger partial charge in [0, 0.05) is 18.7 Å². The molecule has 1 saturated heterocycles. The maximum Gasteiger partial charge on any atom is 0.255 e. The van der Waals surface area contributed by atoms with Gasteiger partial charge in [-0.15, -0.1) is 0 Å². The van der Waals surface area contributed by atoms with Crippen molar-refractivity contribution in [1.82, 2.24) is 9.88 Å². The lowest BCUT2D eigenvalue weighted by molar-refractivity contribution is -0.142. The van der Waals surface area contributed by atoms with Crippen molar-refractivity contribution in [3.8, 4) is 0 Å². The normalized spacial score (nSPS) is 16.4. The van der Waals surface area contributed by atoms with Crippen molar-refractivity contribution < 1.29 is 18.8 Å². The number of amides is 2. The van der Waals surface area contributed by atoms with E-state index >= 15 is 0 Å². The van der Waals surface area contributed by atoms with Crippen molar-refractivity contribution in [2.24, 2.45) is 5.92 Å². The molecule has 0 bridgehead atoms. The molecule has 1 aromatic carbocycles. The summed E-state index contributed by atoms with van der Waals surface area (Å²) in [5.74, 6) is -2.07. The lowest BCUT2D eigenvalue weighted by Crippen LogP contribution is -2.60. The molecule has 1 aromatic heterocycles. The third kappa shape index (κ3) is 6.65. The predicted octanol–water partition coefficient (Wildman–Crippen LogP) is 4.47. The van der Waals surface area contributed by atoms with E-state index in [4.69, 9.17) is 0 Å². The average molecular weight is 478 g/mol. The molecule has 3 rings (SSSR count). The topological polar surface area (TPSA) is 70.6 Å². The Hall–Kier alpha value is -3.29. The SMILES string of the molecule is C=C(CC(C)C(=O)[B]C)C1C(=O)N(c2ncc(C)cc2F)CC(=O)N1Cc1ccc(C)cc1.CC. The molecule has 35 heavy (non-hydrogen) atoms. The summed E-state index contributed by atoms with van der Waals surface area (Å²) in [5.41, 5.74) is 2.91. The molecule has 8 heteroatoms. The van der Waals surface area contributed by atoms with Gasteiger partial charge in [0.25, 0.3) is 5.91 Å². The van der Waals surface area contributed by atoms with Gasteiger partial charge in [-0.25, -0.2) is 9.37 Å². The fourth-order valence-corrected chi connectivity index (χ4v) is 3.99. The third-order valence-electron chi connectivity index (χ3n) is 5.84. The zero-order valence-electron chi connectivity index (χ0n) is 21.5. The Balaban J connectivity index is 0.00000210. The van der Waals surface area contributed by atoms with Crippen LogP contribution in [0.15, 0.2) is 48.7 Å². The molecule has 185 valence electrons. The van der Waals surface area contributed by atoms with Crippen LogP contribution in [0, 0.1) is 25.6 Å². The quantitative estimate of drug-likeness (QED) is 0.415. The highest BCUT2D eigenvalue weighted by Crippen LogP contribution is 2.29. The predicted molar refractivity (Wildman–Crippen MR) is 138 cm³/mol. The van der Waals surface area contributed by atoms with Crippen LogP contribution in [0.1, 0.15) is 43.9 Å². The number of benzene rings is 1. The Kier molecular flexibility index (Phi) is 9.93. The minimum absolute atomic E-state index is 0.0704. The molecule has 2 amide bonds. The van der Waals surface area contributed by atoms with E-state index in [0.29, 0.717) is 11.1 Å². The number of hydrogen-bond donors (Lipinski definition) is 0. The minimum Gasteiger partial charge on any atom is -0.321 e. The summed E-state index contributed by atoms with van der Waals surface area (Å²) in [6.45, 7) is 15.0. The minimum atomic E-state index is -1.03. The van der Waals surface area contributed by atoms with Crippen molar-refractivity contribution in [1.29, 1.82) is 0 Å². The van der Waals surface area contributed by atoms with Crippen LogP contribution in [0.3, 0.4) is 0 Å². The van der Waals surface area contributed by atoms with E-state index in [1.165, 1.54) is 24.4 Å². The van der Waals surface area contributed by atoms with Crippen LogP contribution in [0.5, 0.6) is 0 Å². The van der Waals surface area contributed by atoms with Crippen LogP contribution in [-0.2, 0) is 20.9 Å². The summed E-state index contributed by atoms with van der Waals surface area (Å²) >= 11 is 0. The fourth-order valence-electron chi connectivity index (χ4n) is 3.99. The molecule has 1 fully saturated rings.